The summed E-state index contributed by atoms with van der Waals surface area (Å²) in [5.41, 5.74) is 1.96. The van der Waals surface area contributed by atoms with Gasteiger partial charge in [0.05, 0.1) is 0 Å². The van der Waals surface area contributed by atoms with Gasteiger partial charge in [-0.1, -0.05) is 6.07 Å². The molecule has 2 aromatic heterocycles. The van der Waals surface area contributed by atoms with Crippen LogP contribution in [0.4, 0.5) is 4.39 Å². The first-order valence-electron chi connectivity index (χ1n) is 7.30. The quantitative estimate of drug-likeness (QED) is 0.805. The number of aromatic hydroxyl groups is 1. The van der Waals surface area contributed by atoms with Crippen LogP contribution in [0.2, 0.25) is 0 Å². The Morgan fingerprint density at radius 1 is 0.913 bits per heavy atom. The molecule has 1 aliphatic rings. The Balaban J connectivity index is 1.53. The van der Waals surface area contributed by atoms with Crippen molar-refractivity contribution in [3.63, 3.8) is 0 Å². The van der Waals surface area contributed by atoms with Crippen LogP contribution < -0.4 is 0 Å². The zero-order chi connectivity index (χ0) is 15.8. The van der Waals surface area contributed by atoms with Crippen LogP contribution in [0.5, 0.6) is 5.75 Å². The van der Waals surface area contributed by atoms with Crippen molar-refractivity contribution in [2.45, 2.75) is 18.3 Å². The van der Waals surface area contributed by atoms with E-state index in [1.165, 1.54) is 12.1 Å². The summed E-state index contributed by atoms with van der Waals surface area (Å²) in [6.45, 7) is 0. The molecule has 0 aliphatic heterocycles. The van der Waals surface area contributed by atoms with E-state index in [4.69, 9.17) is 0 Å². The molecular formula is C17H13FN4O. The molecule has 0 spiro atoms. The van der Waals surface area contributed by atoms with Crippen LogP contribution in [0.25, 0.3) is 11.6 Å². The van der Waals surface area contributed by atoms with E-state index in [2.05, 4.69) is 19.9 Å². The van der Waals surface area contributed by atoms with E-state index in [1.807, 2.05) is 0 Å². The summed E-state index contributed by atoms with van der Waals surface area (Å²) in [4.78, 5) is 16.9. The summed E-state index contributed by atoms with van der Waals surface area (Å²) in [6.07, 6.45) is 7.81. The van der Waals surface area contributed by atoms with Crippen LogP contribution in [0.15, 0.2) is 49.1 Å². The lowest BCUT2D eigenvalue weighted by atomic mass is 10.1. The standard InChI is InChI=1S/C17H13FN4O/c18-14-3-2-10(6-15(14)23)12-7-13(12)11-8-21-17(22-9-11)16-19-4-1-5-20-16/h1-6,8-9,12-13,23H,7H2. The largest absolute Gasteiger partial charge is 0.505 e. The lowest BCUT2D eigenvalue weighted by molar-refractivity contribution is 0.431. The zero-order valence-corrected chi connectivity index (χ0v) is 12.1. The highest BCUT2D eigenvalue weighted by Gasteiger charge is 2.40. The average Bonchev–Trinajstić information content (AvgIpc) is 3.39. The van der Waals surface area contributed by atoms with Gasteiger partial charge in [-0.15, -0.1) is 0 Å². The molecule has 4 rings (SSSR count). The van der Waals surface area contributed by atoms with Gasteiger partial charge >= 0.3 is 0 Å². The van der Waals surface area contributed by atoms with E-state index >= 15 is 0 Å². The predicted molar refractivity (Wildman–Crippen MR) is 81.2 cm³/mol. The van der Waals surface area contributed by atoms with Crippen LogP contribution >= 0.6 is 0 Å². The van der Waals surface area contributed by atoms with E-state index in [1.54, 1.807) is 36.9 Å². The molecule has 6 heteroatoms. The molecule has 2 heterocycles. The number of hydrogen-bond acceptors (Lipinski definition) is 5. The molecule has 2 unspecified atom stereocenters. The smallest absolute Gasteiger partial charge is 0.197 e. The van der Waals surface area contributed by atoms with Crippen molar-refractivity contribution in [1.29, 1.82) is 0 Å². The Hall–Kier alpha value is -2.89. The van der Waals surface area contributed by atoms with Crippen LogP contribution in [-0.2, 0) is 0 Å². The average molecular weight is 308 g/mol. The Kier molecular flexibility index (Phi) is 3.22. The van der Waals surface area contributed by atoms with Crippen molar-refractivity contribution >= 4 is 0 Å². The molecule has 0 saturated heterocycles. The van der Waals surface area contributed by atoms with E-state index in [0.29, 0.717) is 17.6 Å². The van der Waals surface area contributed by atoms with Gasteiger partial charge in [-0.2, -0.15) is 0 Å². The van der Waals surface area contributed by atoms with Gasteiger partial charge in [0, 0.05) is 24.8 Å². The Morgan fingerprint density at radius 2 is 1.57 bits per heavy atom. The molecule has 0 amide bonds. The van der Waals surface area contributed by atoms with Gasteiger partial charge in [-0.3, -0.25) is 0 Å². The molecule has 23 heavy (non-hydrogen) atoms. The number of benzene rings is 1. The number of phenols is 1. The topological polar surface area (TPSA) is 71.8 Å². The van der Waals surface area contributed by atoms with E-state index in [9.17, 15) is 9.50 Å². The molecule has 0 bridgehead atoms. The van der Waals surface area contributed by atoms with Gasteiger partial charge in [0.15, 0.2) is 23.2 Å². The molecule has 2 atom stereocenters. The first-order chi connectivity index (χ1) is 11.2. The minimum atomic E-state index is -0.596. The summed E-state index contributed by atoms with van der Waals surface area (Å²) in [5.74, 6) is 0.651. The molecule has 5 nitrogen and oxygen atoms in total. The van der Waals surface area contributed by atoms with E-state index < -0.39 is 5.82 Å². The summed E-state index contributed by atoms with van der Waals surface area (Å²) in [5, 5.41) is 9.48. The molecular weight excluding hydrogens is 295 g/mol. The maximum Gasteiger partial charge on any atom is 0.197 e. The molecule has 1 saturated carbocycles. The zero-order valence-electron chi connectivity index (χ0n) is 12.1. The van der Waals surface area contributed by atoms with Crippen molar-refractivity contribution in [2.75, 3.05) is 0 Å². The molecule has 1 aliphatic carbocycles. The van der Waals surface area contributed by atoms with Crippen molar-refractivity contribution in [3.8, 4) is 17.4 Å². The normalized spacial score (nSPS) is 19.5. The fraction of sp³-hybridized carbons (Fsp3) is 0.176. The highest BCUT2D eigenvalue weighted by molar-refractivity contribution is 5.43. The van der Waals surface area contributed by atoms with Gasteiger partial charge in [0.25, 0.3) is 0 Å². The lowest BCUT2D eigenvalue weighted by Gasteiger charge is -2.03. The van der Waals surface area contributed by atoms with Crippen LogP contribution in [0, 0.1) is 5.82 Å². The highest BCUT2D eigenvalue weighted by Crippen LogP contribution is 2.54. The molecule has 1 fully saturated rings. The second kappa shape index (κ2) is 5.39. The second-order valence-corrected chi connectivity index (χ2v) is 5.57. The minimum absolute atomic E-state index is 0.268. The van der Waals surface area contributed by atoms with Crippen molar-refractivity contribution in [2.24, 2.45) is 0 Å². The first kappa shape index (κ1) is 13.8. The number of aromatic nitrogens is 4. The Bertz CT molecular complexity index is 839. The lowest BCUT2D eigenvalue weighted by Crippen LogP contribution is -1.95. The maximum absolute atomic E-state index is 13.1. The second-order valence-electron chi connectivity index (χ2n) is 5.57. The molecule has 1 N–H and O–H groups in total. The molecule has 3 aromatic rings. The maximum atomic E-state index is 13.1. The summed E-state index contributed by atoms with van der Waals surface area (Å²) >= 11 is 0. The Morgan fingerprint density at radius 3 is 2.26 bits per heavy atom. The molecule has 114 valence electrons. The third kappa shape index (κ3) is 2.63. The SMILES string of the molecule is Oc1cc(C2CC2c2cnc(-c3ncccn3)nc2)ccc1F. The summed E-state index contributed by atoms with van der Waals surface area (Å²) < 4.78 is 13.1. The number of phenolic OH excluding ortho intramolecular Hbond substituents is 1. The fourth-order valence-electron chi connectivity index (χ4n) is 2.75. The van der Waals surface area contributed by atoms with Gasteiger partial charge < -0.3 is 5.11 Å². The molecule has 1 aromatic carbocycles. The highest BCUT2D eigenvalue weighted by atomic mass is 19.1. The van der Waals surface area contributed by atoms with Crippen LogP contribution in [0.3, 0.4) is 0 Å². The fourth-order valence-corrected chi connectivity index (χ4v) is 2.75. The predicted octanol–water partition coefficient (Wildman–Crippen LogP) is 3.05. The monoisotopic (exact) mass is 308 g/mol. The summed E-state index contributed by atoms with van der Waals surface area (Å²) in [6, 6.07) is 6.25. The number of nitrogens with zero attached hydrogens (tertiary/aromatic N) is 4. The first-order valence-corrected chi connectivity index (χ1v) is 7.30. The third-order valence-electron chi connectivity index (χ3n) is 4.05. The van der Waals surface area contributed by atoms with Gasteiger partial charge in [0.1, 0.15) is 0 Å². The minimum Gasteiger partial charge on any atom is -0.505 e. The van der Waals surface area contributed by atoms with Gasteiger partial charge in [0.2, 0.25) is 0 Å². The molecule has 0 radical (unpaired) electrons. The third-order valence-corrected chi connectivity index (χ3v) is 4.05. The Labute approximate surface area is 131 Å². The van der Waals surface area contributed by atoms with E-state index in [0.717, 1.165) is 17.5 Å². The number of rotatable bonds is 3. The van der Waals surface area contributed by atoms with Crippen LogP contribution in [0.1, 0.15) is 29.4 Å². The van der Waals surface area contributed by atoms with Gasteiger partial charge in [-0.05, 0) is 47.6 Å². The van der Waals surface area contributed by atoms with Gasteiger partial charge in [-0.25, -0.2) is 24.3 Å². The van der Waals surface area contributed by atoms with E-state index in [-0.39, 0.29) is 11.7 Å². The summed E-state index contributed by atoms with van der Waals surface area (Å²) in [7, 11) is 0. The van der Waals surface area contributed by atoms with Crippen molar-refractivity contribution in [1.82, 2.24) is 19.9 Å². The number of halogens is 1. The van der Waals surface area contributed by atoms with Crippen molar-refractivity contribution < 1.29 is 9.50 Å². The van der Waals surface area contributed by atoms with Crippen LogP contribution in [-0.4, -0.2) is 25.0 Å². The van der Waals surface area contributed by atoms with Crippen molar-refractivity contribution in [3.05, 3.63) is 66.0 Å². The number of hydrogen-bond donors (Lipinski definition) is 1.